The Morgan fingerprint density at radius 3 is 2.59 bits per heavy atom. The van der Waals surface area contributed by atoms with Crippen molar-refractivity contribution in [2.75, 3.05) is 20.2 Å². The Morgan fingerprint density at radius 1 is 1.17 bits per heavy atom. The second-order valence-corrected chi connectivity index (χ2v) is 8.24. The fraction of sp³-hybridized carbons (Fsp3) is 0.409. The maximum atomic E-state index is 13.9. The Bertz CT molecular complexity index is 855. The number of likely N-dealkylation sites (tertiary alicyclic amines) is 1. The number of rotatable bonds is 7. The number of hydrogen-bond donors (Lipinski definition) is 1. The zero-order valence-electron chi connectivity index (χ0n) is 16.4. The first-order chi connectivity index (χ1) is 13.9. The van der Waals surface area contributed by atoms with Crippen LogP contribution in [0, 0.1) is 11.6 Å². The van der Waals surface area contributed by atoms with E-state index in [2.05, 4.69) is 26.1 Å². The average molecular weight is 467 g/mol. The molecule has 0 aromatic heterocycles. The highest BCUT2D eigenvalue weighted by molar-refractivity contribution is 9.10. The second kappa shape index (κ2) is 10.2. The Kier molecular flexibility index (Phi) is 7.61. The number of carbonyl (C=O) groups excluding carboxylic acids is 1. The van der Waals surface area contributed by atoms with Crippen molar-refractivity contribution in [1.82, 2.24) is 10.2 Å². The summed E-state index contributed by atoms with van der Waals surface area (Å²) in [6.45, 7) is 2.34. The maximum absolute atomic E-state index is 13.9. The molecule has 2 aromatic rings. The van der Waals surface area contributed by atoms with Gasteiger partial charge in [0.05, 0.1) is 7.11 Å². The standard InChI is InChI=1S/C22H25BrF2N2O2/c1-29-21-6-2-15(12-20(21)25)14-27-10-8-18(9-11-27)26-22(28)7-4-16-3-5-17(23)13-19(16)24/h2-3,5-6,12-13,18H,4,7-11,14H2,1H3,(H,26,28). The van der Waals surface area contributed by atoms with Gasteiger partial charge in [-0.25, -0.2) is 8.78 Å². The molecule has 156 valence electrons. The molecule has 29 heavy (non-hydrogen) atoms. The third-order valence-electron chi connectivity index (χ3n) is 5.21. The molecule has 1 N–H and O–H groups in total. The van der Waals surface area contributed by atoms with Gasteiger partial charge in [-0.1, -0.05) is 28.1 Å². The Labute approximate surface area is 178 Å². The number of hydrogen-bond acceptors (Lipinski definition) is 3. The third kappa shape index (κ3) is 6.24. The van der Waals surface area contributed by atoms with Gasteiger partial charge in [0.15, 0.2) is 11.6 Å². The molecule has 1 aliphatic rings. The zero-order chi connectivity index (χ0) is 20.8. The van der Waals surface area contributed by atoms with E-state index in [1.807, 2.05) is 6.07 Å². The van der Waals surface area contributed by atoms with Gasteiger partial charge < -0.3 is 10.1 Å². The molecule has 1 amide bonds. The molecule has 4 nitrogen and oxygen atoms in total. The molecule has 0 aliphatic carbocycles. The number of nitrogens with zero attached hydrogens (tertiary/aromatic N) is 1. The fourth-order valence-corrected chi connectivity index (χ4v) is 3.91. The summed E-state index contributed by atoms with van der Waals surface area (Å²) in [6, 6.07) is 10.0. The van der Waals surface area contributed by atoms with E-state index in [1.54, 1.807) is 18.2 Å². The van der Waals surface area contributed by atoms with E-state index in [4.69, 9.17) is 4.74 Å². The van der Waals surface area contributed by atoms with E-state index in [0.29, 0.717) is 23.0 Å². The number of amides is 1. The summed E-state index contributed by atoms with van der Waals surface area (Å²) in [7, 11) is 1.45. The normalized spacial score (nSPS) is 15.3. The molecule has 0 atom stereocenters. The van der Waals surface area contributed by atoms with Gasteiger partial charge in [0.2, 0.25) is 5.91 Å². The van der Waals surface area contributed by atoms with E-state index in [1.165, 1.54) is 19.2 Å². The van der Waals surface area contributed by atoms with Crippen molar-refractivity contribution in [3.63, 3.8) is 0 Å². The summed E-state index contributed by atoms with van der Waals surface area (Å²) >= 11 is 3.23. The van der Waals surface area contributed by atoms with Crippen molar-refractivity contribution in [1.29, 1.82) is 0 Å². The van der Waals surface area contributed by atoms with Crippen LogP contribution >= 0.6 is 15.9 Å². The predicted octanol–water partition coefficient (Wildman–Crippen LogP) is 4.45. The van der Waals surface area contributed by atoms with Gasteiger partial charge in [0, 0.05) is 36.6 Å². The number of halogens is 3. The lowest BCUT2D eigenvalue weighted by molar-refractivity contribution is -0.122. The molecule has 0 spiro atoms. The number of methoxy groups -OCH3 is 1. The summed E-state index contributed by atoms with van der Waals surface area (Å²) < 4.78 is 33.3. The second-order valence-electron chi connectivity index (χ2n) is 7.32. The van der Waals surface area contributed by atoms with Crippen LogP contribution in [0.3, 0.4) is 0 Å². The highest BCUT2D eigenvalue weighted by atomic mass is 79.9. The van der Waals surface area contributed by atoms with Crippen LogP contribution in [0.4, 0.5) is 8.78 Å². The average Bonchev–Trinajstić information content (AvgIpc) is 2.69. The lowest BCUT2D eigenvalue weighted by atomic mass is 10.0. The molecule has 0 saturated carbocycles. The predicted molar refractivity (Wildman–Crippen MR) is 112 cm³/mol. The smallest absolute Gasteiger partial charge is 0.220 e. The van der Waals surface area contributed by atoms with Gasteiger partial charge in [-0.05, 0) is 54.7 Å². The maximum Gasteiger partial charge on any atom is 0.220 e. The van der Waals surface area contributed by atoms with Crippen LogP contribution in [0.1, 0.15) is 30.4 Å². The topological polar surface area (TPSA) is 41.6 Å². The minimum Gasteiger partial charge on any atom is -0.494 e. The van der Waals surface area contributed by atoms with E-state index >= 15 is 0 Å². The lowest BCUT2D eigenvalue weighted by Crippen LogP contribution is -2.44. The highest BCUT2D eigenvalue weighted by Gasteiger charge is 2.21. The summed E-state index contributed by atoms with van der Waals surface area (Å²) in [5.74, 6) is -0.453. The lowest BCUT2D eigenvalue weighted by Gasteiger charge is -2.32. The summed E-state index contributed by atoms with van der Waals surface area (Å²) in [5.41, 5.74) is 1.45. The number of ether oxygens (including phenoxy) is 1. The Hall–Kier alpha value is -1.99. The molecule has 1 aliphatic heterocycles. The first kappa shape index (κ1) is 21.7. The Balaban J connectivity index is 1.41. The molecule has 1 saturated heterocycles. The fourth-order valence-electron chi connectivity index (χ4n) is 3.57. The van der Waals surface area contributed by atoms with Crippen molar-refractivity contribution in [2.45, 2.75) is 38.3 Å². The first-order valence-electron chi connectivity index (χ1n) is 9.72. The molecule has 0 bridgehead atoms. The quantitative estimate of drug-likeness (QED) is 0.655. The number of aryl methyl sites for hydroxylation is 1. The van der Waals surface area contributed by atoms with Gasteiger partial charge in [-0.2, -0.15) is 0 Å². The molecule has 1 fully saturated rings. The monoisotopic (exact) mass is 466 g/mol. The third-order valence-corrected chi connectivity index (χ3v) is 5.70. The van der Waals surface area contributed by atoms with Crippen LogP contribution in [0.5, 0.6) is 5.75 Å². The van der Waals surface area contributed by atoms with Crippen LogP contribution in [-0.2, 0) is 17.8 Å². The molecule has 3 rings (SSSR count). The van der Waals surface area contributed by atoms with E-state index in [-0.39, 0.29) is 35.8 Å². The van der Waals surface area contributed by atoms with E-state index < -0.39 is 0 Å². The minimum absolute atomic E-state index is 0.0528. The van der Waals surface area contributed by atoms with Gasteiger partial charge >= 0.3 is 0 Å². The largest absolute Gasteiger partial charge is 0.494 e. The molecule has 1 heterocycles. The summed E-state index contributed by atoms with van der Waals surface area (Å²) in [6.07, 6.45) is 2.34. The summed E-state index contributed by atoms with van der Waals surface area (Å²) in [4.78, 5) is 14.5. The zero-order valence-corrected chi connectivity index (χ0v) is 18.0. The van der Waals surface area contributed by atoms with Crippen molar-refractivity contribution >= 4 is 21.8 Å². The van der Waals surface area contributed by atoms with Crippen LogP contribution in [0.2, 0.25) is 0 Å². The summed E-state index contributed by atoms with van der Waals surface area (Å²) in [5, 5.41) is 3.05. The van der Waals surface area contributed by atoms with Crippen molar-refractivity contribution in [3.05, 3.63) is 63.6 Å². The van der Waals surface area contributed by atoms with Crippen molar-refractivity contribution in [2.24, 2.45) is 0 Å². The van der Waals surface area contributed by atoms with Crippen molar-refractivity contribution in [3.8, 4) is 5.75 Å². The molecule has 0 unspecified atom stereocenters. The van der Waals surface area contributed by atoms with Crippen LogP contribution in [-0.4, -0.2) is 37.0 Å². The van der Waals surface area contributed by atoms with Gasteiger partial charge in [-0.15, -0.1) is 0 Å². The van der Waals surface area contributed by atoms with E-state index in [9.17, 15) is 13.6 Å². The van der Waals surface area contributed by atoms with E-state index in [0.717, 1.165) is 31.5 Å². The van der Waals surface area contributed by atoms with Gasteiger partial charge in [0.1, 0.15) is 5.82 Å². The van der Waals surface area contributed by atoms with Crippen LogP contribution < -0.4 is 10.1 Å². The van der Waals surface area contributed by atoms with Gasteiger partial charge in [-0.3, -0.25) is 9.69 Å². The number of piperidine rings is 1. The van der Waals surface area contributed by atoms with Crippen LogP contribution in [0.15, 0.2) is 40.9 Å². The van der Waals surface area contributed by atoms with Crippen LogP contribution in [0.25, 0.3) is 0 Å². The molecule has 2 aromatic carbocycles. The SMILES string of the molecule is COc1ccc(CN2CCC(NC(=O)CCc3ccc(Br)cc3F)CC2)cc1F. The number of nitrogens with one attached hydrogen (secondary N) is 1. The first-order valence-corrected chi connectivity index (χ1v) is 10.5. The highest BCUT2D eigenvalue weighted by Crippen LogP contribution is 2.21. The molecular weight excluding hydrogens is 442 g/mol. The molecule has 7 heteroatoms. The van der Waals surface area contributed by atoms with Gasteiger partial charge in [0.25, 0.3) is 0 Å². The number of benzene rings is 2. The minimum atomic E-state index is -0.352. The Morgan fingerprint density at radius 2 is 1.93 bits per heavy atom. The number of carbonyl (C=O) groups is 1. The molecular formula is C22H25BrF2N2O2. The molecule has 0 radical (unpaired) electrons. The van der Waals surface area contributed by atoms with Crippen molar-refractivity contribution < 1.29 is 18.3 Å².